The smallest absolute Gasteiger partial charge is 0.292 e. The first-order valence-electron chi connectivity index (χ1n) is 11.9. The molecule has 0 aliphatic carbocycles. The summed E-state index contributed by atoms with van der Waals surface area (Å²) in [4.78, 5) is 28.1. The van der Waals surface area contributed by atoms with Gasteiger partial charge in [-0.15, -0.1) is 0 Å². The highest BCUT2D eigenvalue weighted by molar-refractivity contribution is 5.94. The first kappa shape index (κ1) is 24.1. The van der Waals surface area contributed by atoms with Crippen LogP contribution in [0.5, 0.6) is 5.75 Å². The summed E-state index contributed by atoms with van der Waals surface area (Å²) in [5.74, 6) is 0.750. The second-order valence-electron chi connectivity index (χ2n) is 8.36. The lowest BCUT2D eigenvalue weighted by Gasteiger charge is -2.36. The molecule has 0 saturated carbocycles. The Balaban J connectivity index is 1.38. The number of nitro groups is 1. The lowest BCUT2D eigenvalue weighted by atomic mass is 10.1. The van der Waals surface area contributed by atoms with Gasteiger partial charge in [-0.05, 0) is 55.3 Å². The van der Waals surface area contributed by atoms with E-state index < -0.39 is 0 Å². The van der Waals surface area contributed by atoms with Crippen LogP contribution in [0.3, 0.4) is 0 Å². The number of hydrogen-bond acceptors (Lipinski definition) is 6. The fraction of sp³-hybridized carbons (Fsp3) is 0.296. The maximum atomic E-state index is 12.9. The van der Waals surface area contributed by atoms with E-state index in [-0.39, 0.29) is 16.5 Å². The van der Waals surface area contributed by atoms with Gasteiger partial charge in [0.15, 0.2) is 0 Å². The van der Waals surface area contributed by atoms with Crippen LogP contribution in [-0.4, -0.2) is 55.1 Å². The number of rotatable bonds is 9. The molecule has 4 rings (SSSR count). The van der Waals surface area contributed by atoms with Gasteiger partial charge < -0.3 is 19.9 Å². The Labute approximate surface area is 205 Å². The predicted molar refractivity (Wildman–Crippen MR) is 137 cm³/mol. The van der Waals surface area contributed by atoms with Crippen LogP contribution in [0.15, 0.2) is 72.8 Å². The minimum atomic E-state index is -0.359. The van der Waals surface area contributed by atoms with Gasteiger partial charge in [0.2, 0.25) is 0 Å². The number of nitrogens with zero attached hydrogens (tertiary/aromatic N) is 3. The van der Waals surface area contributed by atoms with Crippen LogP contribution in [0.25, 0.3) is 0 Å². The Morgan fingerprint density at radius 3 is 2.37 bits per heavy atom. The average Bonchev–Trinajstić information content (AvgIpc) is 2.89. The maximum absolute atomic E-state index is 12.9. The molecule has 0 unspecified atom stereocenters. The summed E-state index contributed by atoms with van der Waals surface area (Å²) >= 11 is 0. The number of benzene rings is 3. The van der Waals surface area contributed by atoms with Gasteiger partial charge in [-0.1, -0.05) is 30.3 Å². The third-order valence-electron chi connectivity index (χ3n) is 6.09. The number of carbonyl (C=O) groups is 1. The fourth-order valence-corrected chi connectivity index (χ4v) is 4.22. The first-order chi connectivity index (χ1) is 17.0. The van der Waals surface area contributed by atoms with Gasteiger partial charge in [-0.2, -0.15) is 0 Å². The van der Waals surface area contributed by atoms with E-state index in [1.165, 1.54) is 5.56 Å². The highest BCUT2D eigenvalue weighted by atomic mass is 16.6. The molecule has 35 heavy (non-hydrogen) atoms. The number of piperazine rings is 1. The van der Waals surface area contributed by atoms with Crippen LogP contribution >= 0.6 is 0 Å². The van der Waals surface area contributed by atoms with Crippen LogP contribution in [0, 0.1) is 10.1 Å². The van der Waals surface area contributed by atoms with Crippen LogP contribution in [0.1, 0.15) is 22.8 Å². The predicted octanol–water partition coefficient (Wildman–Crippen LogP) is 4.61. The molecule has 1 heterocycles. The zero-order valence-corrected chi connectivity index (χ0v) is 19.9. The van der Waals surface area contributed by atoms with E-state index in [1.807, 2.05) is 60.4 Å². The van der Waals surface area contributed by atoms with Gasteiger partial charge in [0, 0.05) is 50.0 Å². The molecule has 1 amide bonds. The fourth-order valence-electron chi connectivity index (χ4n) is 4.22. The Kier molecular flexibility index (Phi) is 7.82. The van der Waals surface area contributed by atoms with Gasteiger partial charge in [-0.3, -0.25) is 14.9 Å². The number of anilines is 2. The normalized spacial score (nSPS) is 13.4. The molecule has 1 fully saturated rings. The molecule has 8 heteroatoms. The Bertz CT molecular complexity index is 1140. The summed E-state index contributed by atoms with van der Waals surface area (Å²) in [5, 5.41) is 14.8. The van der Waals surface area contributed by atoms with Crippen molar-refractivity contribution in [2.24, 2.45) is 0 Å². The molecule has 0 atom stereocenters. The van der Waals surface area contributed by atoms with E-state index in [0.29, 0.717) is 50.6 Å². The van der Waals surface area contributed by atoms with E-state index in [4.69, 9.17) is 4.74 Å². The third-order valence-corrected chi connectivity index (χ3v) is 6.09. The van der Waals surface area contributed by atoms with Crippen molar-refractivity contribution in [2.45, 2.75) is 13.3 Å². The van der Waals surface area contributed by atoms with E-state index in [1.54, 1.807) is 24.3 Å². The van der Waals surface area contributed by atoms with Crippen molar-refractivity contribution in [3.63, 3.8) is 0 Å². The summed E-state index contributed by atoms with van der Waals surface area (Å²) in [7, 11) is 0. The Hall–Kier alpha value is -4.07. The van der Waals surface area contributed by atoms with E-state index in [2.05, 4.69) is 10.2 Å². The minimum absolute atomic E-state index is 0.000310. The van der Waals surface area contributed by atoms with E-state index in [0.717, 1.165) is 17.9 Å². The molecule has 1 aliphatic heterocycles. The van der Waals surface area contributed by atoms with Crippen molar-refractivity contribution in [3.8, 4) is 5.75 Å². The first-order valence-corrected chi connectivity index (χ1v) is 11.9. The summed E-state index contributed by atoms with van der Waals surface area (Å²) < 4.78 is 5.45. The minimum Gasteiger partial charge on any atom is -0.494 e. The highest BCUT2D eigenvalue weighted by Gasteiger charge is 2.24. The number of carbonyl (C=O) groups excluding carboxylic acids is 1. The summed E-state index contributed by atoms with van der Waals surface area (Å²) in [6.45, 7) is 5.59. The zero-order chi connectivity index (χ0) is 24.6. The third kappa shape index (κ3) is 6.09. The molecule has 8 nitrogen and oxygen atoms in total. The largest absolute Gasteiger partial charge is 0.494 e. The molecule has 1 saturated heterocycles. The molecule has 0 radical (unpaired) electrons. The molecule has 0 aromatic heterocycles. The number of ether oxygens (including phenoxy) is 1. The van der Waals surface area contributed by atoms with E-state index in [9.17, 15) is 14.9 Å². The second kappa shape index (κ2) is 11.4. The molecule has 1 N–H and O–H groups in total. The molecule has 0 spiro atoms. The summed E-state index contributed by atoms with van der Waals surface area (Å²) in [5.41, 5.74) is 3.29. The molecule has 1 aliphatic rings. The molecular weight excluding hydrogens is 444 g/mol. The molecule has 0 bridgehead atoms. The van der Waals surface area contributed by atoms with Gasteiger partial charge in [0.25, 0.3) is 11.6 Å². The van der Waals surface area contributed by atoms with Gasteiger partial charge >= 0.3 is 0 Å². The molecule has 182 valence electrons. The highest BCUT2D eigenvalue weighted by Crippen LogP contribution is 2.30. The van der Waals surface area contributed by atoms with Crippen molar-refractivity contribution < 1.29 is 14.5 Å². The zero-order valence-electron chi connectivity index (χ0n) is 19.9. The van der Waals surface area contributed by atoms with Gasteiger partial charge in [0.05, 0.1) is 11.5 Å². The molecule has 3 aromatic rings. The molecular formula is C27H30N4O4. The van der Waals surface area contributed by atoms with Gasteiger partial charge in [-0.25, -0.2) is 0 Å². The van der Waals surface area contributed by atoms with Crippen molar-refractivity contribution >= 4 is 23.0 Å². The molecule has 3 aromatic carbocycles. The second-order valence-corrected chi connectivity index (χ2v) is 8.36. The van der Waals surface area contributed by atoms with Gasteiger partial charge in [0.1, 0.15) is 11.4 Å². The van der Waals surface area contributed by atoms with Crippen molar-refractivity contribution in [1.82, 2.24) is 4.90 Å². The lowest BCUT2D eigenvalue weighted by molar-refractivity contribution is -0.383. The average molecular weight is 475 g/mol. The van der Waals surface area contributed by atoms with Crippen molar-refractivity contribution in [2.75, 3.05) is 49.5 Å². The van der Waals surface area contributed by atoms with Crippen LogP contribution < -0.4 is 15.0 Å². The van der Waals surface area contributed by atoms with Crippen LogP contribution in [0.4, 0.5) is 17.1 Å². The van der Waals surface area contributed by atoms with Crippen molar-refractivity contribution in [1.29, 1.82) is 0 Å². The number of amides is 1. The summed E-state index contributed by atoms with van der Waals surface area (Å²) in [6, 6.07) is 22.4. The number of nitro benzene ring substituents is 1. The SMILES string of the molecule is CCOc1ccc(C(=O)N2CCN(c3ccc([N+](=O)[O-])c(NCCc4ccccc4)c3)CC2)cc1. The van der Waals surface area contributed by atoms with Crippen LogP contribution in [-0.2, 0) is 6.42 Å². The number of nitrogens with one attached hydrogen (secondary N) is 1. The Morgan fingerprint density at radius 1 is 1.00 bits per heavy atom. The lowest BCUT2D eigenvalue weighted by Crippen LogP contribution is -2.48. The Morgan fingerprint density at radius 2 is 1.71 bits per heavy atom. The maximum Gasteiger partial charge on any atom is 0.292 e. The van der Waals surface area contributed by atoms with Crippen LogP contribution in [0.2, 0.25) is 0 Å². The monoisotopic (exact) mass is 474 g/mol. The van der Waals surface area contributed by atoms with Crippen molar-refractivity contribution in [3.05, 3.63) is 94.0 Å². The number of hydrogen-bond donors (Lipinski definition) is 1. The quantitative estimate of drug-likeness (QED) is 0.360. The van der Waals surface area contributed by atoms with E-state index >= 15 is 0 Å². The standard InChI is InChI=1S/C27H30N4O4/c1-2-35-24-11-8-22(9-12-24)27(32)30-18-16-29(17-19-30)23-10-13-26(31(33)34)25(20-23)28-15-14-21-6-4-3-5-7-21/h3-13,20,28H,2,14-19H2,1H3. The summed E-state index contributed by atoms with van der Waals surface area (Å²) in [6.07, 6.45) is 0.772. The topological polar surface area (TPSA) is 88.0 Å².